The molecule has 3 rings (SSSR count). The molecule has 0 amide bonds. The number of pyridine rings is 2. The summed E-state index contributed by atoms with van der Waals surface area (Å²) >= 11 is 5.81. The van der Waals surface area contributed by atoms with E-state index in [0.29, 0.717) is 5.82 Å². The summed E-state index contributed by atoms with van der Waals surface area (Å²) in [4.78, 5) is 19.3. The van der Waals surface area contributed by atoms with Crippen LogP contribution in [0, 0.1) is 0 Å². The number of carboxylic acids is 1. The van der Waals surface area contributed by atoms with Crippen molar-refractivity contribution in [2.45, 2.75) is 0 Å². The van der Waals surface area contributed by atoms with E-state index in [9.17, 15) is 4.79 Å². The van der Waals surface area contributed by atoms with Gasteiger partial charge in [0.2, 0.25) is 0 Å². The fourth-order valence-corrected chi connectivity index (χ4v) is 2.22. The molecule has 2 N–H and O–H groups in total. The lowest BCUT2D eigenvalue weighted by molar-refractivity contribution is 0.0697. The zero-order valence-electron chi connectivity index (χ0n) is 10.7. The van der Waals surface area contributed by atoms with Crippen molar-refractivity contribution in [2.24, 2.45) is 0 Å². The van der Waals surface area contributed by atoms with Crippen LogP contribution in [0.4, 0.5) is 11.5 Å². The van der Waals surface area contributed by atoms with E-state index in [4.69, 9.17) is 16.7 Å². The molecule has 2 aromatic heterocycles. The Morgan fingerprint density at radius 2 is 2.10 bits per heavy atom. The Kier molecular flexibility index (Phi) is 3.41. The van der Waals surface area contributed by atoms with Crippen LogP contribution in [0.1, 0.15) is 10.4 Å². The second-order valence-corrected chi connectivity index (χ2v) is 4.79. The van der Waals surface area contributed by atoms with Crippen LogP contribution in [-0.4, -0.2) is 21.0 Å². The lowest BCUT2D eigenvalue weighted by Crippen LogP contribution is -2.01. The number of anilines is 2. The minimum atomic E-state index is -1.09. The number of nitrogens with one attached hydrogen (secondary N) is 1. The van der Waals surface area contributed by atoms with Crippen LogP contribution in [0.25, 0.3) is 10.8 Å². The highest BCUT2D eigenvalue weighted by atomic mass is 35.5. The third kappa shape index (κ3) is 2.64. The number of hydrogen-bond acceptors (Lipinski definition) is 4. The molecule has 1 aromatic carbocycles. The van der Waals surface area contributed by atoms with Gasteiger partial charge >= 0.3 is 5.97 Å². The van der Waals surface area contributed by atoms with Gasteiger partial charge in [0.15, 0.2) is 0 Å². The van der Waals surface area contributed by atoms with Crippen molar-refractivity contribution in [2.75, 3.05) is 5.32 Å². The maximum atomic E-state index is 11.1. The van der Waals surface area contributed by atoms with Crippen LogP contribution in [0.15, 0.2) is 48.9 Å². The van der Waals surface area contributed by atoms with Gasteiger partial charge < -0.3 is 10.4 Å². The summed E-state index contributed by atoms with van der Waals surface area (Å²) < 4.78 is 0. The summed E-state index contributed by atoms with van der Waals surface area (Å²) in [5, 5.41) is 14.2. The third-order valence-corrected chi connectivity index (χ3v) is 3.33. The molecule has 6 heteroatoms. The molecule has 0 radical (unpaired) electrons. The van der Waals surface area contributed by atoms with Crippen LogP contribution in [0.5, 0.6) is 0 Å². The molecular weight excluding hydrogens is 290 g/mol. The van der Waals surface area contributed by atoms with Crippen LogP contribution < -0.4 is 5.32 Å². The van der Waals surface area contributed by atoms with E-state index in [0.717, 1.165) is 16.5 Å². The van der Waals surface area contributed by atoms with Crippen molar-refractivity contribution in [3.63, 3.8) is 0 Å². The lowest BCUT2D eigenvalue weighted by atomic mass is 10.1. The number of rotatable bonds is 3. The quantitative estimate of drug-likeness (QED) is 0.771. The predicted octanol–water partition coefficient (Wildman–Crippen LogP) is 3.73. The number of hydrogen-bond donors (Lipinski definition) is 2. The molecule has 0 atom stereocenters. The second-order valence-electron chi connectivity index (χ2n) is 4.38. The van der Waals surface area contributed by atoms with E-state index in [1.54, 1.807) is 12.4 Å². The Morgan fingerprint density at radius 3 is 2.90 bits per heavy atom. The Labute approximate surface area is 125 Å². The summed E-state index contributed by atoms with van der Waals surface area (Å²) in [6.45, 7) is 0. The first-order valence-electron chi connectivity index (χ1n) is 6.14. The minimum Gasteiger partial charge on any atom is -0.478 e. The molecule has 2 heterocycles. The van der Waals surface area contributed by atoms with E-state index < -0.39 is 5.97 Å². The fourth-order valence-electron chi connectivity index (χ4n) is 2.04. The molecule has 0 saturated heterocycles. The van der Waals surface area contributed by atoms with Crippen molar-refractivity contribution in [1.82, 2.24) is 9.97 Å². The van der Waals surface area contributed by atoms with E-state index in [2.05, 4.69) is 15.3 Å². The molecule has 0 aliphatic carbocycles. The second kappa shape index (κ2) is 5.38. The largest absolute Gasteiger partial charge is 0.478 e. The zero-order valence-corrected chi connectivity index (χ0v) is 11.5. The number of halogens is 1. The number of nitrogens with zero attached hydrogens (tertiary/aromatic N) is 2. The van der Waals surface area contributed by atoms with Crippen LogP contribution in [0.2, 0.25) is 5.02 Å². The van der Waals surface area contributed by atoms with Gasteiger partial charge in [0.25, 0.3) is 0 Å². The molecular formula is C15H10ClN3O2. The zero-order chi connectivity index (χ0) is 14.8. The number of fused-ring (bicyclic) bond motifs is 1. The van der Waals surface area contributed by atoms with E-state index >= 15 is 0 Å². The van der Waals surface area contributed by atoms with E-state index in [-0.39, 0.29) is 10.6 Å². The predicted molar refractivity (Wildman–Crippen MR) is 81.2 cm³/mol. The molecule has 0 fully saturated rings. The highest BCUT2D eigenvalue weighted by Gasteiger charge is 2.11. The van der Waals surface area contributed by atoms with Gasteiger partial charge in [0, 0.05) is 35.1 Å². The number of carboxylic acid groups (broad SMARTS) is 1. The van der Waals surface area contributed by atoms with E-state index in [1.807, 2.05) is 24.3 Å². The monoisotopic (exact) mass is 299 g/mol. The maximum absolute atomic E-state index is 11.1. The Morgan fingerprint density at radius 1 is 1.24 bits per heavy atom. The average molecular weight is 300 g/mol. The first-order valence-corrected chi connectivity index (χ1v) is 6.51. The van der Waals surface area contributed by atoms with E-state index in [1.165, 1.54) is 12.3 Å². The smallest absolute Gasteiger partial charge is 0.337 e. The molecule has 0 aliphatic heterocycles. The van der Waals surface area contributed by atoms with Crippen molar-refractivity contribution in [3.8, 4) is 0 Å². The molecule has 104 valence electrons. The third-order valence-electron chi connectivity index (χ3n) is 3.03. The van der Waals surface area contributed by atoms with Crippen molar-refractivity contribution < 1.29 is 9.90 Å². The lowest BCUT2D eigenvalue weighted by Gasteiger charge is -2.09. The van der Waals surface area contributed by atoms with Crippen LogP contribution in [0.3, 0.4) is 0 Å². The number of aromatic carboxylic acids is 1. The van der Waals surface area contributed by atoms with Gasteiger partial charge in [-0.3, -0.25) is 4.98 Å². The molecule has 0 saturated carbocycles. The molecule has 0 spiro atoms. The van der Waals surface area contributed by atoms with Gasteiger partial charge in [-0.05, 0) is 18.2 Å². The number of benzene rings is 1. The first-order chi connectivity index (χ1) is 10.1. The van der Waals surface area contributed by atoms with Gasteiger partial charge in [-0.1, -0.05) is 23.7 Å². The summed E-state index contributed by atoms with van der Waals surface area (Å²) in [5.41, 5.74) is 0.831. The van der Waals surface area contributed by atoms with Crippen molar-refractivity contribution in [3.05, 3.63) is 59.5 Å². The minimum absolute atomic E-state index is 0.0103. The first kappa shape index (κ1) is 13.3. The van der Waals surface area contributed by atoms with Gasteiger partial charge in [-0.25, -0.2) is 9.78 Å². The van der Waals surface area contributed by atoms with Gasteiger partial charge in [0.1, 0.15) is 5.82 Å². The molecule has 21 heavy (non-hydrogen) atoms. The standard InChI is InChI=1S/C15H10ClN3O2/c16-12-8-18-14(6-11(12)15(20)21)19-13-3-1-2-9-7-17-5-4-10(9)13/h1-8H,(H,18,19)(H,20,21). The highest BCUT2D eigenvalue weighted by molar-refractivity contribution is 6.33. The van der Waals surface area contributed by atoms with Gasteiger partial charge in [0.05, 0.1) is 10.6 Å². The van der Waals surface area contributed by atoms with Crippen LogP contribution in [-0.2, 0) is 0 Å². The van der Waals surface area contributed by atoms with Crippen molar-refractivity contribution in [1.29, 1.82) is 0 Å². The van der Waals surface area contributed by atoms with Crippen molar-refractivity contribution >= 4 is 39.8 Å². The fraction of sp³-hybridized carbons (Fsp3) is 0. The summed E-state index contributed by atoms with van der Waals surface area (Å²) in [6.07, 6.45) is 4.78. The maximum Gasteiger partial charge on any atom is 0.337 e. The molecule has 0 aliphatic rings. The Hall–Kier alpha value is -2.66. The Balaban J connectivity index is 2.03. The van der Waals surface area contributed by atoms with Crippen LogP contribution >= 0.6 is 11.6 Å². The summed E-state index contributed by atoms with van der Waals surface area (Å²) in [7, 11) is 0. The summed E-state index contributed by atoms with van der Waals surface area (Å²) in [6, 6.07) is 9.02. The highest BCUT2D eigenvalue weighted by Crippen LogP contribution is 2.26. The molecule has 0 bridgehead atoms. The SMILES string of the molecule is O=C(O)c1cc(Nc2cccc3cnccc23)ncc1Cl. The number of aromatic nitrogens is 2. The Bertz CT molecular complexity index is 831. The molecule has 0 unspecified atom stereocenters. The normalized spacial score (nSPS) is 10.5. The van der Waals surface area contributed by atoms with Gasteiger partial charge in [-0.2, -0.15) is 0 Å². The summed E-state index contributed by atoms with van der Waals surface area (Å²) in [5.74, 6) is -0.673. The number of carbonyl (C=O) groups is 1. The molecule has 5 nitrogen and oxygen atoms in total. The topological polar surface area (TPSA) is 75.1 Å². The average Bonchev–Trinajstić information content (AvgIpc) is 2.49. The van der Waals surface area contributed by atoms with Gasteiger partial charge in [-0.15, -0.1) is 0 Å². The molecule has 3 aromatic rings.